The molecular weight excluding hydrogens is 462 g/mol. The van der Waals surface area contributed by atoms with Crippen LogP contribution in [0.25, 0.3) is 0 Å². The van der Waals surface area contributed by atoms with Crippen LogP contribution in [0.15, 0.2) is 94.9 Å². The van der Waals surface area contributed by atoms with E-state index in [1.54, 1.807) is 36.4 Å². The molecule has 3 aromatic rings. The highest BCUT2D eigenvalue weighted by Gasteiger charge is 2.33. The van der Waals surface area contributed by atoms with Gasteiger partial charge in [-0.15, -0.1) is 0 Å². The van der Waals surface area contributed by atoms with E-state index in [0.717, 1.165) is 43.4 Å². The van der Waals surface area contributed by atoms with Crippen LogP contribution in [0.1, 0.15) is 37.7 Å². The van der Waals surface area contributed by atoms with Gasteiger partial charge in [-0.1, -0.05) is 67.8 Å². The maximum absolute atomic E-state index is 13.3. The number of nitrogens with one attached hydrogen (secondary N) is 1. The molecule has 3 aromatic carbocycles. The second kappa shape index (κ2) is 11.8. The maximum Gasteiger partial charge on any atom is 0.255 e. The van der Waals surface area contributed by atoms with Gasteiger partial charge in [-0.05, 0) is 54.8 Å². The molecule has 35 heavy (non-hydrogen) atoms. The summed E-state index contributed by atoms with van der Waals surface area (Å²) in [4.78, 5) is 12.9. The molecular formula is C27H29N3O4S. The number of hydrogen-bond donors (Lipinski definition) is 1. The van der Waals surface area contributed by atoms with E-state index in [2.05, 4.69) is 10.5 Å². The van der Waals surface area contributed by atoms with Crippen LogP contribution in [-0.2, 0) is 14.8 Å². The Hall–Kier alpha value is -3.49. The molecule has 0 aromatic heterocycles. The minimum absolute atomic E-state index is 0.192. The molecule has 1 fully saturated rings. The number of sulfonamides is 1. The second-order valence-electron chi connectivity index (χ2n) is 8.44. The van der Waals surface area contributed by atoms with Gasteiger partial charge < -0.3 is 4.74 Å². The first-order valence-corrected chi connectivity index (χ1v) is 13.2. The fourth-order valence-electron chi connectivity index (χ4n) is 4.15. The quantitative estimate of drug-likeness (QED) is 0.339. The van der Waals surface area contributed by atoms with Gasteiger partial charge in [-0.25, -0.2) is 13.8 Å². The molecule has 0 heterocycles. The van der Waals surface area contributed by atoms with E-state index in [1.165, 1.54) is 10.5 Å². The van der Waals surface area contributed by atoms with Crippen LogP contribution >= 0.6 is 0 Å². The topological polar surface area (TPSA) is 88.1 Å². The van der Waals surface area contributed by atoms with Gasteiger partial charge in [0.25, 0.3) is 5.91 Å². The molecule has 1 saturated carbocycles. The molecule has 0 aliphatic heterocycles. The van der Waals surface area contributed by atoms with E-state index >= 15 is 0 Å². The Kier molecular flexibility index (Phi) is 8.28. The highest BCUT2D eigenvalue weighted by molar-refractivity contribution is 7.89. The Labute approximate surface area is 206 Å². The van der Waals surface area contributed by atoms with Crippen molar-refractivity contribution in [2.45, 2.75) is 43.0 Å². The number of para-hydroxylation sites is 1. The van der Waals surface area contributed by atoms with Crippen molar-refractivity contribution in [3.8, 4) is 11.5 Å². The molecule has 0 radical (unpaired) electrons. The van der Waals surface area contributed by atoms with E-state index in [9.17, 15) is 13.2 Å². The number of nitrogens with zero attached hydrogens (tertiary/aromatic N) is 2. The summed E-state index contributed by atoms with van der Waals surface area (Å²) in [6, 6.07) is 24.8. The minimum Gasteiger partial charge on any atom is -0.457 e. The number of ether oxygens (including phenoxy) is 1. The number of carbonyl (C=O) groups excluding carboxylic acids is 1. The van der Waals surface area contributed by atoms with Crippen LogP contribution in [0, 0.1) is 0 Å². The Balaban J connectivity index is 1.42. The van der Waals surface area contributed by atoms with E-state index in [1.807, 2.05) is 48.5 Å². The van der Waals surface area contributed by atoms with Crippen molar-refractivity contribution in [1.29, 1.82) is 0 Å². The lowest BCUT2D eigenvalue weighted by Crippen LogP contribution is -2.46. The number of hydrogen-bond acceptors (Lipinski definition) is 5. The van der Waals surface area contributed by atoms with Crippen LogP contribution < -0.4 is 10.2 Å². The zero-order valence-electron chi connectivity index (χ0n) is 19.4. The molecule has 4 rings (SSSR count). The zero-order valence-corrected chi connectivity index (χ0v) is 20.2. The predicted molar refractivity (Wildman–Crippen MR) is 136 cm³/mol. The Morgan fingerprint density at radius 3 is 2.29 bits per heavy atom. The molecule has 182 valence electrons. The highest BCUT2D eigenvalue weighted by atomic mass is 32.2. The van der Waals surface area contributed by atoms with Crippen molar-refractivity contribution < 1.29 is 17.9 Å². The van der Waals surface area contributed by atoms with Gasteiger partial charge in [-0.3, -0.25) is 4.79 Å². The van der Waals surface area contributed by atoms with E-state index in [-0.39, 0.29) is 17.5 Å². The third kappa shape index (κ3) is 6.77. The van der Waals surface area contributed by atoms with Crippen LogP contribution in [0.3, 0.4) is 0 Å². The van der Waals surface area contributed by atoms with Crippen molar-refractivity contribution in [2.75, 3.05) is 6.54 Å². The Morgan fingerprint density at radius 2 is 1.57 bits per heavy atom. The summed E-state index contributed by atoms with van der Waals surface area (Å²) >= 11 is 0. The summed E-state index contributed by atoms with van der Waals surface area (Å²) in [6.07, 6.45) is 5.98. The standard InChI is InChI=1S/C27H29N3O4S/c31-27(29-28-20-22-11-10-16-25(19-22)34-24-14-6-2-7-15-24)21-30(23-12-4-1-5-13-23)35(32,33)26-17-8-3-9-18-26/h2-3,6-11,14-20,23H,1,4-5,12-13,21H2,(H,29,31)/b28-20-. The van der Waals surface area contributed by atoms with Crippen LogP contribution in [-0.4, -0.2) is 37.4 Å². The molecule has 1 N–H and O–H groups in total. The van der Waals surface area contributed by atoms with Gasteiger partial charge in [0.1, 0.15) is 11.5 Å². The van der Waals surface area contributed by atoms with E-state index in [4.69, 9.17) is 4.74 Å². The summed E-state index contributed by atoms with van der Waals surface area (Å²) in [5.41, 5.74) is 3.21. The lowest BCUT2D eigenvalue weighted by atomic mass is 9.95. The molecule has 0 bridgehead atoms. The fraction of sp³-hybridized carbons (Fsp3) is 0.259. The number of benzene rings is 3. The lowest BCUT2D eigenvalue weighted by molar-refractivity contribution is -0.121. The highest BCUT2D eigenvalue weighted by Crippen LogP contribution is 2.27. The SMILES string of the molecule is O=C(CN(C1CCCCC1)S(=O)(=O)c1ccccc1)N/N=C\c1cccc(Oc2ccccc2)c1. The van der Waals surface area contributed by atoms with E-state index < -0.39 is 15.9 Å². The predicted octanol–water partition coefficient (Wildman–Crippen LogP) is 4.95. The van der Waals surface area contributed by atoms with Gasteiger partial charge in [0.15, 0.2) is 0 Å². The van der Waals surface area contributed by atoms with Gasteiger partial charge in [0.05, 0.1) is 17.7 Å². The molecule has 1 amide bonds. The Morgan fingerprint density at radius 1 is 0.914 bits per heavy atom. The lowest BCUT2D eigenvalue weighted by Gasteiger charge is -2.32. The normalized spacial score (nSPS) is 14.8. The van der Waals surface area contributed by atoms with Crippen molar-refractivity contribution >= 4 is 22.1 Å². The van der Waals surface area contributed by atoms with Gasteiger partial charge in [0.2, 0.25) is 10.0 Å². The summed E-state index contributed by atoms with van der Waals surface area (Å²) in [5.74, 6) is 0.879. The first kappa shape index (κ1) is 24.6. The summed E-state index contributed by atoms with van der Waals surface area (Å²) in [5, 5.41) is 4.04. The fourth-order valence-corrected chi connectivity index (χ4v) is 5.81. The Bertz CT molecular complexity index is 1240. The van der Waals surface area contributed by atoms with Gasteiger partial charge >= 0.3 is 0 Å². The second-order valence-corrected chi connectivity index (χ2v) is 10.3. The largest absolute Gasteiger partial charge is 0.457 e. The van der Waals surface area contributed by atoms with Crippen molar-refractivity contribution in [1.82, 2.24) is 9.73 Å². The third-order valence-corrected chi connectivity index (χ3v) is 7.78. The monoisotopic (exact) mass is 491 g/mol. The summed E-state index contributed by atoms with van der Waals surface area (Å²) in [6.45, 7) is -0.281. The van der Waals surface area contributed by atoms with Crippen LogP contribution in [0.5, 0.6) is 11.5 Å². The number of amides is 1. The van der Waals surface area contributed by atoms with Crippen LogP contribution in [0.2, 0.25) is 0 Å². The average Bonchev–Trinajstić information content (AvgIpc) is 2.89. The molecule has 0 atom stereocenters. The minimum atomic E-state index is -3.80. The molecule has 0 saturated heterocycles. The molecule has 0 spiro atoms. The molecule has 1 aliphatic carbocycles. The maximum atomic E-state index is 13.3. The smallest absolute Gasteiger partial charge is 0.255 e. The van der Waals surface area contributed by atoms with Gasteiger partial charge in [0, 0.05) is 6.04 Å². The molecule has 8 heteroatoms. The summed E-state index contributed by atoms with van der Waals surface area (Å²) in [7, 11) is -3.80. The van der Waals surface area contributed by atoms with E-state index in [0.29, 0.717) is 5.75 Å². The molecule has 0 unspecified atom stereocenters. The summed E-state index contributed by atoms with van der Waals surface area (Å²) < 4.78 is 33.8. The van der Waals surface area contributed by atoms with Crippen molar-refractivity contribution in [2.24, 2.45) is 5.10 Å². The number of rotatable bonds is 9. The van der Waals surface area contributed by atoms with Crippen LogP contribution in [0.4, 0.5) is 0 Å². The molecule has 1 aliphatic rings. The number of carbonyl (C=O) groups is 1. The van der Waals surface area contributed by atoms with Gasteiger partial charge in [-0.2, -0.15) is 9.41 Å². The first-order valence-electron chi connectivity index (χ1n) is 11.7. The first-order chi connectivity index (χ1) is 17.0. The molecule has 7 nitrogen and oxygen atoms in total. The average molecular weight is 492 g/mol. The zero-order chi connectivity index (χ0) is 24.5. The number of hydrazone groups is 1. The van der Waals surface area contributed by atoms with Crippen molar-refractivity contribution in [3.63, 3.8) is 0 Å². The van der Waals surface area contributed by atoms with Crippen molar-refractivity contribution in [3.05, 3.63) is 90.5 Å². The third-order valence-electron chi connectivity index (χ3n) is 5.87.